The molecule has 0 unspecified atom stereocenters. The molecule has 1 aliphatic carbocycles. The Morgan fingerprint density at radius 3 is 2.48 bits per heavy atom. The minimum Gasteiger partial charge on any atom is -0.357 e. The van der Waals surface area contributed by atoms with Crippen LogP contribution in [0.5, 0.6) is 0 Å². The van der Waals surface area contributed by atoms with Crippen molar-refractivity contribution in [2.45, 2.75) is 51.5 Å². The van der Waals surface area contributed by atoms with Crippen LogP contribution >= 0.6 is 0 Å². The highest BCUT2D eigenvalue weighted by molar-refractivity contribution is 5.97. The lowest BCUT2D eigenvalue weighted by atomic mass is 9.82. The summed E-state index contributed by atoms with van der Waals surface area (Å²) in [6.45, 7) is 6.03. The molecule has 1 saturated carbocycles. The van der Waals surface area contributed by atoms with Gasteiger partial charge in [0.2, 0.25) is 5.91 Å². The molecular weight excluding hydrogens is 264 g/mol. The van der Waals surface area contributed by atoms with Gasteiger partial charge in [-0.25, -0.2) is 4.98 Å². The first-order chi connectivity index (χ1) is 10.1. The van der Waals surface area contributed by atoms with Crippen molar-refractivity contribution in [1.29, 1.82) is 0 Å². The maximum Gasteiger partial charge on any atom is 0.244 e. The Hall–Kier alpha value is -1.62. The highest BCUT2D eigenvalue weighted by atomic mass is 16.2. The van der Waals surface area contributed by atoms with Crippen molar-refractivity contribution in [2.75, 3.05) is 23.3 Å². The molecule has 21 heavy (non-hydrogen) atoms. The standard InChI is InChI=1S/C16H26N4O/c1-3-20(4-2)14-9-8-13(12-18-14)19-15(21)16(17)10-6-5-7-11-16/h8-9,12H,3-7,10-11,17H2,1-2H3,(H,19,21). The van der Waals surface area contributed by atoms with Gasteiger partial charge in [0, 0.05) is 13.1 Å². The molecular formula is C16H26N4O. The third-order valence-electron chi connectivity index (χ3n) is 4.29. The van der Waals surface area contributed by atoms with Crippen molar-refractivity contribution in [2.24, 2.45) is 5.73 Å². The van der Waals surface area contributed by atoms with Gasteiger partial charge in [0.1, 0.15) is 5.82 Å². The van der Waals surface area contributed by atoms with Gasteiger partial charge in [-0.3, -0.25) is 4.79 Å². The number of hydrogen-bond acceptors (Lipinski definition) is 4. The van der Waals surface area contributed by atoms with E-state index in [2.05, 4.69) is 29.0 Å². The zero-order chi connectivity index (χ0) is 15.3. The normalized spacial score (nSPS) is 17.3. The minimum atomic E-state index is -0.713. The summed E-state index contributed by atoms with van der Waals surface area (Å²) in [5, 5.41) is 2.91. The first-order valence-electron chi connectivity index (χ1n) is 7.90. The summed E-state index contributed by atoms with van der Waals surface area (Å²) in [6, 6.07) is 3.83. The molecule has 1 fully saturated rings. The van der Waals surface area contributed by atoms with Crippen molar-refractivity contribution in [3.05, 3.63) is 18.3 Å². The molecule has 5 nitrogen and oxygen atoms in total. The monoisotopic (exact) mass is 290 g/mol. The smallest absolute Gasteiger partial charge is 0.244 e. The molecule has 0 spiro atoms. The second kappa shape index (κ2) is 6.89. The lowest BCUT2D eigenvalue weighted by molar-refractivity contribution is -0.122. The van der Waals surface area contributed by atoms with E-state index in [4.69, 9.17) is 5.73 Å². The van der Waals surface area contributed by atoms with Gasteiger partial charge in [-0.1, -0.05) is 19.3 Å². The summed E-state index contributed by atoms with van der Waals surface area (Å²) in [4.78, 5) is 18.9. The van der Waals surface area contributed by atoms with Crippen molar-refractivity contribution in [1.82, 2.24) is 4.98 Å². The Kier molecular flexibility index (Phi) is 5.17. The van der Waals surface area contributed by atoms with Crippen LogP contribution < -0.4 is 16.0 Å². The van der Waals surface area contributed by atoms with Gasteiger partial charge < -0.3 is 16.0 Å². The Bertz CT molecular complexity index is 462. The van der Waals surface area contributed by atoms with E-state index in [-0.39, 0.29) is 5.91 Å². The van der Waals surface area contributed by atoms with Crippen LogP contribution in [0.15, 0.2) is 18.3 Å². The van der Waals surface area contributed by atoms with Gasteiger partial charge in [0.05, 0.1) is 17.4 Å². The first-order valence-corrected chi connectivity index (χ1v) is 7.90. The van der Waals surface area contributed by atoms with Gasteiger partial charge in [-0.15, -0.1) is 0 Å². The van der Waals surface area contributed by atoms with E-state index in [9.17, 15) is 4.79 Å². The fourth-order valence-electron chi connectivity index (χ4n) is 2.86. The molecule has 0 radical (unpaired) electrons. The molecule has 0 aliphatic heterocycles. The zero-order valence-electron chi connectivity index (χ0n) is 13.1. The molecule has 2 rings (SSSR count). The van der Waals surface area contributed by atoms with Crippen molar-refractivity contribution in [3.8, 4) is 0 Å². The number of hydrogen-bond donors (Lipinski definition) is 2. The predicted octanol–water partition coefficient (Wildman–Crippen LogP) is 2.53. The van der Waals surface area contributed by atoms with Crippen LogP contribution in [0.2, 0.25) is 0 Å². The highest BCUT2D eigenvalue weighted by Gasteiger charge is 2.35. The van der Waals surface area contributed by atoms with Gasteiger partial charge in [-0.2, -0.15) is 0 Å². The number of carbonyl (C=O) groups excluding carboxylic acids is 1. The maximum absolute atomic E-state index is 12.3. The van der Waals surface area contributed by atoms with Crippen LogP contribution in [0.25, 0.3) is 0 Å². The Labute approximate surface area is 126 Å². The fraction of sp³-hybridized carbons (Fsp3) is 0.625. The molecule has 0 atom stereocenters. The SMILES string of the molecule is CCN(CC)c1ccc(NC(=O)C2(N)CCCCC2)cn1. The number of nitrogens with two attached hydrogens (primary N) is 1. The third kappa shape index (κ3) is 3.73. The van der Waals surface area contributed by atoms with E-state index in [1.807, 2.05) is 12.1 Å². The second-order valence-corrected chi connectivity index (χ2v) is 5.75. The van der Waals surface area contributed by atoms with Crippen LogP contribution in [-0.4, -0.2) is 29.5 Å². The number of carbonyl (C=O) groups is 1. The van der Waals surface area contributed by atoms with Crippen molar-refractivity contribution >= 4 is 17.4 Å². The van der Waals surface area contributed by atoms with E-state index in [0.717, 1.165) is 44.6 Å². The van der Waals surface area contributed by atoms with E-state index in [1.165, 1.54) is 6.42 Å². The van der Waals surface area contributed by atoms with Crippen LogP contribution in [0.4, 0.5) is 11.5 Å². The average molecular weight is 290 g/mol. The number of amides is 1. The van der Waals surface area contributed by atoms with Gasteiger partial charge in [-0.05, 0) is 38.8 Å². The largest absolute Gasteiger partial charge is 0.357 e. The van der Waals surface area contributed by atoms with Crippen molar-refractivity contribution in [3.63, 3.8) is 0 Å². The fourth-order valence-corrected chi connectivity index (χ4v) is 2.86. The average Bonchev–Trinajstić information content (AvgIpc) is 2.51. The molecule has 116 valence electrons. The quantitative estimate of drug-likeness (QED) is 0.874. The van der Waals surface area contributed by atoms with Gasteiger partial charge >= 0.3 is 0 Å². The van der Waals surface area contributed by atoms with Gasteiger partial charge in [0.25, 0.3) is 0 Å². The second-order valence-electron chi connectivity index (χ2n) is 5.75. The molecule has 0 bridgehead atoms. The molecule has 5 heteroatoms. The molecule has 1 amide bonds. The van der Waals surface area contributed by atoms with E-state index >= 15 is 0 Å². The number of anilines is 2. The topological polar surface area (TPSA) is 71.2 Å². The van der Waals surface area contributed by atoms with Crippen LogP contribution in [-0.2, 0) is 4.79 Å². The summed E-state index contributed by atoms with van der Waals surface area (Å²) >= 11 is 0. The summed E-state index contributed by atoms with van der Waals surface area (Å²) < 4.78 is 0. The summed E-state index contributed by atoms with van der Waals surface area (Å²) in [5.74, 6) is 0.845. The van der Waals surface area contributed by atoms with Crippen molar-refractivity contribution < 1.29 is 4.79 Å². The molecule has 1 aromatic rings. The molecule has 1 aromatic heterocycles. The first kappa shape index (κ1) is 15.8. The molecule has 3 N–H and O–H groups in total. The van der Waals surface area contributed by atoms with E-state index in [0.29, 0.717) is 5.69 Å². The minimum absolute atomic E-state index is 0.0837. The maximum atomic E-state index is 12.3. The van der Waals surface area contributed by atoms with E-state index in [1.54, 1.807) is 6.20 Å². The Balaban J connectivity index is 2.01. The lowest BCUT2D eigenvalue weighted by Gasteiger charge is -2.31. The summed E-state index contributed by atoms with van der Waals surface area (Å²) in [7, 11) is 0. The van der Waals surface area contributed by atoms with Gasteiger partial charge in [0.15, 0.2) is 0 Å². The number of nitrogens with one attached hydrogen (secondary N) is 1. The van der Waals surface area contributed by atoms with Crippen LogP contribution in [0.3, 0.4) is 0 Å². The molecule has 1 aliphatic rings. The van der Waals surface area contributed by atoms with Crippen LogP contribution in [0.1, 0.15) is 46.0 Å². The lowest BCUT2D eigenvalue weighted by Crippen LogP contribution is -2.52. The molecule has 0 saturated heterocycles. The zero-order valence-corrected chi connectivity index (χ0v) is 13.1. The Morgan fingerprint density at radius 1 is 1.29 bits per heavy atom. The predicted molar refractivity (Wildman–Crippen MR) is 86.4 cm³/mol. The number of aromatic nitrogens is 1. The number of rotatable bonds is 5. The third-order valence-corrected chi connectivity index (χ3v) is 4.29. The molecule has 0 aromatic carbocycles. The summed E-state index contributed by atoms with van der Waals surface area (Å²) in [6.07, 6.45) is 6.48. The number of pyridine rings is 1. The number of nitrogens with zero attached hydrogens (tertiary/aromatic N) is 2. The summed E-state index contributed by atoms with van der Waals surface area (Å²) in [5.41, 5.74) is 6.23. The Morgan fingerprint density at radius 2 is 1.95 bits per heavy atom. The van der Waals surface area contributed by atoms with Crippen LogP contribution in [0, 0.1) is 0 Å². The van der Waals surface area contributed by atoms with E-state index < -0.39 is 5.54 Å². The molecule has 1 heterocycles. The highest BCUT2D eigenvalue weighted by Crippen LogP contribution is 2.27.